The van der Waals surface area contributed by atoms with Crippen molar-refractivity contribution in [3.05, 3.63) is 90.5 Å². The third-order valence-electron chi connectivity index (χ3n) is 6.45. The molecule has 3 aromatic rings. The number of hydrogen-bond donors (Lipinski definition) is 2. The van der Waals surface area contributed by atoms with E-state index in [-0.39, 0.29) is 17.6 Å². The predicted molar refractivity (Wildman–Crippen MR) is 137 cm³/mol. The van der Waals surface area contributed by atoms with Gasteiger partial charge in [0.25, 0.3) is 8.32 Å². The summed E-state index contributed by atoms with van der Waals surface area (Å²) in [6, 6.07) is 27.8. The zero-order chi connectivity index (χ0) is 23.9. The molecule has 0 radical (unpaired) electrons. The van der Waals surface area contributed by atoms with Crippen molar-refractivity contribution < 1.29 is 19.4 Å². The van der Waals surface area contributed by atoms with Crippen LogP contribution in [-0.4, -0.2) is 38.5 Å². The number of ether oxygens (including phenoxy) is 2. The van der Waals surface area contributed by atoms with Gasteiger partial charge in [-0.25, -0.2) is 0 Å². The van der Waals surface area contributed by atoms with Crippen molar-refractivity contribution in [3.63, 3.8) is 0 Å². The summed E-state index contributed by atoms with van der Waals surface area (Å²) in [5.74, 6) is 0.884. The fourth-order valence-electron chi connectivity index (χ4n) is 4.84. The van der Waals surface area contributed by atoms with Crippen molar-refractivity contribution >= 4 is 18.7 Å². The molecular formula is C28H36O4Si. The van der Waals surface area contributed by atoms with Gasteiger partial charge in [0, 0.05) is 5.56 Å². The van der Waals surface area contributed by atoms with Crippen LogP contribution in [0.5, 0.6) is 5.75 Å². The van der Waals surface area contributed by atoms with Crippen LogP contribution in [0.25, 0.3) is 0 Å². The second kappa shape index (κ2) is 11.1. The summed E-state index contributed by atoms with van der Waals surface area (Å²) in [5, 5.41) is 11.6. The van der Waals surface area contributed by atoms with E-state index < -0.39 is 14.4 Å². The molecule has 1 unspecified atom stereocenters. The van der Waals surface area contributed by atoms with E-state index >= 15 is 0 Å². The van der Waals surface area contributed by atoms with Gasteiger partial charge in [-0.15, -0.1) is 0 Å². The number of rotatable bonds is 11. The summed E-state index contributed by atoms with van der Waals surface area (Å²) < 4.78 is 11.6. The van der Waals surface area contributed by atoms with E-state index in [2.05, 4.69) is 20.8 Å². The SMILES string of the molecule is COc1ccccc1C(CO)OC[C@@H](C)CC(C)(C)[Si](O)(c1ccccc1)c1ccccc1. The summed E-state index contributed by atoms with van der Waals surface area (Å²) in [6.45, 7) is 6.83. The van der Waals surface area contributed by atoms with Crippen LogP contribution in [0.1, 0.15) is 38.9 Å². The Balaban J connectivity index is 1.80. The standard InChI is InChI=1S/C28H36O4Si/c1-22(21-32-27(20-29)25-17-11-12-18-26(25)31-4)19-28(2,3)33(30,23-13-7-5-8-14-23)24-15-9-6-10-16-24/h5-18,22,27,29-30H,19-21H2,1-4H3/t22-,27?/m0/s1. The molecule has 0 aliphatic carbocycles. The molecule has 3 rings (SSSR count). The zero-order valence-corrected chi connectivity index (χ0v) is 21.1. The average molecular weight is 465 g/mol. The molecule has 0 aromatic heterocycles. The molecule has 0 fully saturated rings. The maximum absolute atomic E-state index is 12.3. The van der Waals surface area contributed by atoms with Crippen LogP contribution in [0, 0.1) is 5.92 Å². The minimum absolute atomic E-state index is 0.122. The van der Waals surface area contributed by atoms with Crippen LogP contribution in [-0.2, 0) is 4.74 Å². The van der Waals surface area contributed by atoms with E-state index in [0.29, 0.717) is 12.4 Å². The summed E-state index contributed by atoms with van der Waals surface area (Å²) in [6.07, 6.45) is 0.329. The molecular weight excluding hydrogens is 428 g/mol. The summed E-state index contributed by atoms with van der Waals surface area (Å²) in [7, 11) is -1.44. The molecule has 0 aliphatic rings. The van der Waals surface area contributed by atoms with E-state index in [0.717, 1.165) is 22.4 Å². The van der Waals surface area contributed by atoms with Crippen molar-refractivity contribution in [3.8, 4) is 5.75 Å². The number of aliphatic hydroxyl groups excluding tert-OH is 1. The quantitative estimate of drug-likeness (QED) is 0.415. The Bertz CT molecular complexity index is 952. The normalized spacial score (nSPS) is 14.0. The molecule has 0 amide bonds. The minimum Gasteiger partial charge on any atom is -0.496 e. The summed E-state index contributed by atoms with van der Waals surface area (Å²) >= 11 is 0. The predicted octanol–water partition coefficient (Wildman–Crippen LogP) is 4.30. The lowest BCUT2D eigenvalue weighted by Gasteiger charge is -2.42. The van der Waals surface area contributed by atoms with Gasteiger partial charge in [-0.2, -0.15) is 0 Å². The fraction of sp³-hybridized carbons (Fsp3) is 0.357. The maximum Gasteiger partial charge on any atom is 0.258 e. The van der Waals surface area contributed by atoms with Gasteiger partial charge in [-0.1, -0.05) is 99.6 Å². The van der Waals surface area contributed by atoms with E-state index in [4.69, 9.17) is 9.47 Å². The molecule has 2 atom stereocenters. The van der Waals surface area contributed by atoms with E-state index in [1.54, 1.807) is 7.11 Å². The topological polar surface area (TPSA) is 58.9 Å². The fourth-order valence-corrected chi connectivity index (χ4v) is 8.73. The highest BCUT2D eigenvalue weighted by atomic mass is 28.4. The molecule has 0 spiro atoms. The first kappa shape index (κ1) is 25.2. The van der Waals surface area contributed by atoms with Crippen molar-refractivity contribution in [2.45, 2.75) is 38.3 Å². The lowest BCUT2D eigenvalue weighted by Crippen LogP contribution is -2.65. The van der Waals surface area contributed by atoms with Crippen molar-refractivity contribution in [2.75, 3.05) is 20.3 Å². The van der Waals surface area contributed by atoms with Crippen LogP contribution in [0.2, 0.25) is 5.04 Å². The highest BCUT2D eigenvalue weighted by molar-refractivity contribution is 6.98. The van der Waals surface area contributed by atoms with Gasteiger partial charge in [-0.05, 0) is 33.8 Å². The summed E-state index contributed by atoms with van der Waals surface area (Å²) in [5.41, 5.74) is 0.841. The highest BCUT2D eigenvalue weighted by Gasteiger charge is 2.50. The number of benzene rings is 3. The molecule has 5 heteroatoms. The Labute approximate surface area is 199 Å². The Morgan fingerprint density at radius 3 is 1.88 bits per heavy atom. The van der Waals surface area contributed by atoms with Crippen LogP contribution in [0.4, 0.5) is 0 Å². The van der Waals surface area contributed by atoms with Gasteiger partial charge < -0.3 is 19.4 Å². The Kier molecular flexibility index (Phi) is 8.49. The van der Waals surface area contributed by atoms with Gasteiger partial charge in [0.2, 0.25) is 0 Å². The van der Waals surface area contributed by atoms with Gasteiger partial charge >= 0.3 is 0 Å². The number of methoxy groups -OCH3 is 1. The minimum atomic E-state index is -3.06. The molecule has 3 aromatic carbocycles. The maximum atomic E-state index is 12.3. The van der Waals surface area contributed by atoms with E-state index in [1.165, 1.54) is 0 Å². The zero-order valence-electron chi connectivity index (χ0n) is 20.1. The second-order valence-corrected chi connectivity index (χ2v) is 13.3. The third kappa shape index (κ3) is 5.56. The molecule has 0 saturated carbocycles. The molecule has 4 nitrogen and oxygen atoms in total. The first-order valence-electron chi connectivity index (χ1n) is 11.5. The lowest BCUT2D eigenvalue weighted by molar-refractivity contribution is -0.00747. The highest BCUT2D eigenvalue weighted by Crippen LogP contribution is 2.41. The molecule has 0 bridgehead atoms. The Morgan fingerprint density at radius 1 is 0.848 bits per heavy atom. The Morgan fingerprint density at radius 2 is 1.36 bits per heavy atom. The number of hydrogen-bond acceptors (Lipinski definition) is 4. The van der Waals surface area contributed by atoms with Crippen molar-refractivity contribution in [2.24, 2.45) is 5.92 Å². The van der Waals surface area contributed by atoms with Crippen LogP contribution in [0.15, 0.2) is 84.9 Å². The average Bonchev–Trinajstić information content (AvgIpc) is 2.84. The second-order valence-electron chi connectivity index (χ2n) is 9.38. The number of para-hydroxylation sites is 1. The van der Waals surface area contributed by atoms with E-state index in [1.807, 2.05) is 84.9 Å². The van der Waals surface area contributed by atoms with E-state index in [9.17, 15) is 9.90 Å². The van der Waals surface area contributed by atoms with Crippen molar-refractivity contribution in [1.82, 2.24) is 0 Å². The first-order valence-corrected chi connectivity index (χ1v) is 13.5. The molecule has 0 aliphatic heterocycles. The summed E-state index contributed by atoms with van der Waals surface area (Å²) in [4.78, 5) is 12.3. The Hall–Kier alpha value is -2.44. The van der Waals surface area contributed by atoms with Gasteiger partial charge in [0.1, 0.15) is 11.9 Å². The first-order chi connectivity index (χ1) is 15.8. The molecule has 2 N–H and O–H groups in total. The van der Waals surface area contributed by atoms with Gasteiger partial charge in [-0.3, -0.25) is 0 Å². The van der Waals surface area contributed by atoms with Gasteiger partial charge in [0.05, 0.1) is 20.3 Å². The van der Waals surface area contributed by atoms with Gasteiger partial charge in [0.15, 0.2) is 0 Å². The molecule has 0 heterocycles. The van der Waals surface area contributed by atoms with Crippen LogP contribution in [0.3, 0.4) is 0 Å². The van der Waals surface area contributed by atoms with Crippen molar-refractivity contribution in [1.29, 1.82) is 0 Å². The smallest absolute Gasteiger partial charge is 0.258 e. The van der Waals surface area contributed by atoms with Crippen LogP contribution < -0.4 is 15.1 Å². The monoisotopic (exact) mass is 464 g/mol. The molecule has 176 valence electrons. The lowest BCUT2D eigenvalue weighted by atomic mass is 9.98. The largest absolute Gasteiger partial charge is 0.496 e. The van der Waals surface area contributed by atoms with Crippen LogP contribution >= 0.6 is 0 Å². The molecule has 0 saturated heterocycles. The molecule has 33 heavy (non-hydrogen) atoms. The third-order valence-corrected chi connectivity index (χ3v) is 11.0. The number of aliphatic hydroxyl groups is 1.